The SMILES string of the molecule is c1ccc(-c2cccc(CN3CC[C@H](CN4CCOCC4)C3)c2)nc1. The largest absolute Gasteiger partial charge is 0.379 e. The predicted molar refractivity (Wildman–Crippen MR) is 100 cm³/mol. The van der Waals surface area contributed by atoms with E-state index < -0.39 is 0 Å². The van der Waals surface area contributed by atoms with Crippen molar-refractivity contribution in [1.82, 2.24) is 14.8 Å². The molecule has 1 atom stereocenters. The van der Waals surface area contributed by atoms with Crippen LogP contribution in [0.2, 0.25) is 0 Å². The number of ether oxygens (including phenoxy) is 1. The summed E-state index contributed by atoms with van der Waals surface area (Å²) in [5.74, 6) is 0.803. The lowest BCUT2D eigenvalue weighted by molar-refractivity contribution is 0.0311. The van der Waals surface area contributed by atoms with Crippen molar-refractivity contribution in [2.45, 2.75) is 13.0 Å². The minimum Gasteiger partial charge on any atom is -0.379 e. The van der Waals surface area contributed by atoms with Gasteiger partial charge in [-0.1, -0.05) is 24.3 Å². The molecule has 0 bridgehead atoms. The summed E-state index contributed by atoms with van der Waals surface area (Å²) >= 11 is 0. The average Bonchev–Trinajstić information content (AvgIpc) is 3.10. The van der Waals surface area contributed by atoms with Crippen molar-refractivity contribution in [3.63, 3.8) is 0 Å². The molecule has 4 heteroatoms. The molecular formula is C21H27N3O. The van der Waals surface area contributed by atoms with Crippen LogP contribution in [-0.2, 0) is 11.3 Å². The number of hydrogen-bond donors (Lipinski definition) is 0. The number of benzene rings is 1. The lowest BCUT2D eigenvalue weighted by Gasteiger charge is -2.29. The van der Waals surface area contributed by atoms with Gasteiger partial charge in [-0.2, -0.15) is 0 Å². The maximum atomic E-state index is 5.45. The molecule has 2 aliphatic heterocycles. The van der Waals surface area contributed by atoms with E-state index in [9.17, 15) is 0 Å². The van der Waals surface area contributed by atoms with E-state index >= 15 is 0 Å². The van der Waals surface area contributed by atoms with E-state index in [0.717, 1.165) is 44.5 Å². The van der Waals surface area contributed by atoms with Gasteiger partial charge in [0.05, 0.1) is 18.9 Å². The van der Waals surface area contributed by atoms with Gasteiger partial charge < -0.3 is 4.74 Å². The van der Waals surface area contributed by atoms with Crippen LogP contribution in [0, 0.1) is 5.92 Å². The normalized spacial score (nSPS) is 22.3. The van der Waals surface area contributed by atoms with Crippen molar-refractivity contribution in [2.75, 3.05) is 45.9 Å². The molecule has 1 aromatic carbocycles. The number of pyridine rings is 1. The third-order valence-electron chi connectivity index (χ3n) is 5.28. The molecule has 3 heterocycles. The van der Waals surface area contributed by atoms with Crippen molar-refractivity contribution in [3.05, 3.63) is 54.2 Å². The Bertz CT molecular complexity index is 670. The van der Waals surface area contributed by atoms with Crippen molar-refractivity contribution >= 4 is 0 Å². The Balaban J connectivity index is 1.33. The van der Waals surface area contributed by atoms with E-state index in [0.29, 0.717) is 0 Å². The Morgan fingerprint density at radius 3 is 2.76 bits per heavy atom. The Morgan fingerprint density at radius 1 is 1.00 bits per heavy atom. The maximum Gasteiger partial charge on any atom is 0.0702 e. The summed E-state index contributed by atoms with van der Waals surface area (Å²) in [6.07, 6.45) is 3.18. The lowest BCUT2D eigenvalue weighted by Crippen LogP contribution is -2.39. The van der Waals surface area contributed by atoms with Gasteiger partial charge in [0.25, 0.3) is 0 Å². The van der Waals surface area contributed by atoms with Crippen molar-refractivity contribution in [1.29, 1.82) is 0 Å². The molecule has 0 spiro atoms. The van der Waals surface area contributed by atoms with Crippen molar-refractivity contribution in [3.8, 4) is 11.3 Å². The zero-order chi connectivity index (χ0) is 16.9. The minimum absolute atomic E-state index is 0.803. The zero-order valence-corrected chi connectivity index (χ0v) is 14.8. The summed E-state index contributed by atoms with van der Waals surface area (Å²) in [4.78, 5) is 9.64. The van der Waals surface area contributed by atoms with Crippen molar-refractivity contribution < 1.29 is 4.74 Å². The number of morpholine rings is 1. The smallest absolute Gasteiger partial charge is 0.0702 e. The summed E-state index contributed by atoms with van der Waals surface area (Å²) in [5.41, 5.74) is 3.65. The molecule has 0 amide bonds. The molecule has 2 aliphatic rings. The van der Waals surface area contributed by atoms with Crippen LogP contribution in [0.4, 0.5) is 0 Å². The first-order valence-corrected chi connectivity index (χ1v) is 9.39. The number of nitrogens with zero attached hydrogens (tertiary/aromatic N) is 3. The number of hydrogen-bond acceptors (Lipinski definition) is 4. The number of rotatable bonds is 5. The van der Waals surface area contributed by atoms with Crippen LogP contribution in [-0.4, -0.2) is 60.7 Å². The first-order chi connectivity index (χ1) is 12.4. The Hall–Kier alpha value is -1.75. The summed E-state index contributed by atoms with van der Waals surface area (Å²) < 4.78 is 5.45. The molecule has 4 nitrogen and oxygen atoms in total. The molecule has 132 valence electrons. The molecule has 0 unspecified atom stereocenters. The zero-order valence-electron chi connectivity index (χ0n) is 14.8. The van der Waals surface area contributed by atoms with Crippen LogP contribution < -0.4 is 0 Å². The fourth-order valence-electron chi connectivity index (χ4n) is 3.98. The maximum absolute atomic E-state index is 5.45. The molecule has 0 N–H and O–H groups in total. The van der Waals surface area contributed by atoms with E-state index in [1.54, 1.807) is 0 Å². The molecule has 2 saturated heterocycles. The molecule has 0 radical (unpaired) electrons. The predicted octanol–water partition coefficient (Wildman–Crippen LogP) is 2.90. The van der Waals surface area contributed by atoms with Gasteiger partial charge in [-0.05, 0) is 42.6 Å². The van der Waals surface area contributed by atoms with E-state index in [1.165, 1.54) is 37.2 Å². The highest BCUT2D eigenvalue weighted by atomic mass is 16.5. The molecule has 25 heavy (non-hydrogen) atoms. The molecule has 0 saturated carbocycles. The highest BCUT2D eigenvalue weighted by Gasteiger charge is 2.25. The molecule has 2 aromatic rings. The number of aromatic nitrogens is 1. The first kappa shape index (κ1) is 16.7. The Kier molecular flexibility index (Phi) is 5.40. The molecule has 2 fully saturated rings. The van der Waals surface area contributed by atoms with E-state index in [1.807, 2.05) is 18.3 Å². The van der Waals surface area contributed by atoms with Crippen LogP contribution in [0.3, 0.4) is 0 Å². The van der Waals surface area contributed by atoms with Gasteiger partial charge in [-0.15, -0.1) is 0 Å². The van der Waals surface area contributed by atoms with E-state index in [-0.39, 0.29) is 0 Å². The molecule has 1 aromatic heterocycles. The van der Waals surface area contributed by atoms with Crippen LogP contribution in [0.15, 0.2) is 48.7 Å². The lowest BCUT2D eigenvalue weighted by atomic mass is 10.1. The monoisotopic (exact) mass is 337 g/mol. The molecular weight excluding hydrogens is 310 g/mol. The van der Waals surface area contributed by atoms with Gasteiger partial charge in [0.15, 0.2) is 0 Å². The molecule has 4 rings (SSSR count). The fourth-order valence-corrected chi connectivity index (χ4v) is 3.98. The third-order valence-corrected chi connectivity index (χ3v) is 5.28. The Labute approximate surface area is 150 Å². The highest BCUT2D eigenvalue weighted by molar-refractivity contribution is 5.59. The van der Waals surface area contributed by atoms with Gasteiger partial charge >= 0.3 is 0 Å². The second kappa shape index (κ2) is 8.09. The molecule has 0 aliphatic carbocycles. The summed E-state index contributed by atoms with van der Waals surface area (Å²) in [6.45, 7) is 8.70. The van der Waals surface area contributed by atoms with Crippen LogP contribution >= 0.6 is 0 Å². The second-order valence-electron chi connectivity index (χ2n) is 7.22. The van der Waals surface area contributed by atoms with Crippen molar-refractivity contribution in [2.24, 2.45) is 5.92 Å². The Morgan fingerprint density at radius 2 is 1.92 bits per heavy atom. The minimum atomic E-state index is 0.803. The summed E-state index contributed by atoms with van der Waals surface area (Å²) in [7, 11) is 0. The quantitative estimate of drug-likeness (QED) is 0.839. The van der Waals surface area contributed by atoms with Gasteiger partial charge in [0, 0.05) is 44.5 Å². The van der Waals surface area contributed by atoms with Crippen LogP contribution in [0.25, 0.3) is 11.3 Å². The average molecular weight is 337 g/mol. The standard InChI is InChI=1S/C21H27N3O/c1-2-8-22-21(6-1)20-5-3-4-18(14-20)15-24-9-7-19(17-24)16-23-10-12-25-13-11-23/h1-6,8,14,19H,7,9-13,15-17H2/t19-/m1/s1. The van der Waals surface area contributed by atoms with Crippen LogP contribution in [0.5, 0.6) is 0 Å². The summed E-state index contributed by atoms with van der Waals surface area (Å²) in [5, 5.41) is 0. The van der Waals surface area contributed by atoms with Gasteiger partial charge in [-0.25, -0.2) is 0 Å². The number of likely N-dealkylation sites (tertiary alicyclic amines) is 1. The van der Waals surface area contributed by atoms with Gasteiger partial charge in [0.1, 0.15) is 0 Å². The van der Waals surface area contributed by atoms with Crippen LogP contribution in [0.1, 0.15) is 12.0 Å². The summed E-state index contributed by atoms with van der Waals surface area (Å²) in [6, 6.07) is 14.9. The van der Waals surface area contributed by atoms with E-state index in [2.05, 4.69) is 45.1 Å². The second-order valence-corrected chi connectivity index (χ2v) is 7.22. The van der Waals surface area contributed by atoms with Gasteiger partial charge in [-0.3, -0.25) is 14.8 Å². The topological polar surface area (TPSA) is 28.6 Å². The highest BCUT2D eigenvalue weighted by Crippen LogP contribution is 2.23. The third kappa shape index (κ3) is 4.46. The first-order valence-electron chi connectivity index (χ1n) is 9.39. The van der Waals surface area contributed by atoms with Gasteiger partial charge in [0.2, 0.25) is 0 Å². The van der Waals surface area contributed by atoms with E-state index in [4.69, 9.17) is 4.74 Å². The fraction of sp³-hybridized carbons (Fsp3) is 0.476.